The van der Waals surface area contributed by atoms with Gasteiger partial charge in [0.2, 0.25) is 15.9 Å². The SMILES string of the molecule is Cc1ccc(S(=O)(=O)NC(C)CC(=O)N2CC(c3cnn(C)c3)C(C)(C)C2)c(Br)c1. The van der Waals surface area contributed by atoms with Crippen LogP contribution in [0.5, 0.6) is 0 Å². The molecule has 1 fully saturated rings. The molecule has 0 spiro atoms. The smallest absolute Gasteiger partial charge is 0.241 e. The van der Waals surface area contributed by atoms with Crippen molar-refractivity contribution in [2.24, 2.45) is 12.5 Å². The number of nitrogens with one attached hydrogen (secondary N) is 1. The van der Waals surface area contributed by atoms with Gasteiger partial charge in [0.05, 0.1) is 11.1 Å². The molecule has 1 saturated heterocycles. The maximum Gasteiger partial charge on any atom is 0.241 e. The molecule has 164 valence electrons. The van der Waals surface area contributed by atoms with Crippen molar-refractivity contribution in [3.05, 3.63) is 46.2 Å². The fourth-order valence-electron chi connectivity index (χ4n) is 4.09. The highest BCUT2D eigenvalue weighted by Gasteiger charge is 2.42. The highest BCUT2D eigenvalue weighted by Crippen LogP contribution is 2.42. The van der Waals surface area contributed by atoms with E-state index >= 15 is 0 Å². The van der Waals surface area contributed by atoms with E-state index in [1.807, 2.05) is 31.3 Å². The van der Waals surface area contributed by atoms with Crippen LogP contribution in [0, 0.1) is 12.3 Å². The molecule has 2 atom stereocenters. The Balaban J connectivity index is 1.65. The lowest BCUT2D eigenvalue weighted by Crippen LogP contribution is -2.39. The standard InChI is InChI=1S/C21H29BrN4O3S/c1-14-6-7-19(18(22)8-14)30(28,29)24-15(2)9-20(27)26-12-17(21(3,4)13-26)16-10-23-25(5)11-16/h6-8,10-11,15,17,24H,9,12-13H2,1-5H3. The topological polar surface area (TPSA) is 84.3 Å². The first-order valence-corrected chi connectivity index (χ1v) is 12.2. The number of sulfonamides is 1. The minimum absolute atomic E-state index is 0.0485. The van der Waals surface area contributed by atoms with E-state index in [2.05, 4.69) is 39.6 Å². The number of carbonyl (C=O) groups is 1. The van der Waals surface area contributed by atoms with Gasteiger partial charge in [-0.15, -0.1) is 0 Å². The Labute approximate surface area is 187 Å². The minimum atomic E-state index is -3.73. The predicted molar refractivity (Wildman–Crippen MR) is 120 cm³/mol. The number of hydrogen-bond acceptors (Lipinski definition) is 4. The average Bonchev–Trinajstić information content (AvgIpc) is 3.16. The lowest BCUT2D eigenvalue weighted by Gasteiger charge is -2.24. The van der Waals surface area contributed by atoms with Crippen LogP contribution >= 0.6 is 15.9 Å². The number of benzene rings is 1. The molecule has 1 amide bonds. The highest BCUT2D eigenvalue weighted by atomic mass is 79.9. The summed E-state index contributed by atoms with van der Waals surface area (Å²) in [6.45, 7) is 9.16. The largest absolute Gasteiger partial charge is 0.341 e. The second kappa shape index (κ2) is 8.43. The van der Waals surface area contributed by atoms with Crippen LogP contribution in [0.15, 0.2) is 40.0 Å². The van der Waals surface area contributed by atoms with Gasteiger partial charge >= 0.3 is 0 Å². The summed E-state index contributed by atoms with van der Waals surface area (Å²) in [5.74, 6) is 0.151. The van der Waals surface area contributed by atoms with Crippen molar-refractivity contribution >= 4 is 31.9 Å². The van der Waals surface area contributed by atoms with E-state index in [9.17, 15) is 13.2 Å². The number of halogens is 1. The van der Waals surface area contributed by atoms with E-state index in [1.54, 1.807) is 29.8 Å². The predicted octanol–water partition coefficient (Wildman–Crippen LogP) is 3.20. The molecule has 0 saturated carbocycles. The van der Waals surface area contributed by atoms with Crippen molar-refractivity contribution in [1.82, 2.24) is 19.4 Å². The Morgan fingerprint density at radius 3 is 2.70 bits per heavy atom. The van der Waals surface area contributed by atoms with Gasteiger partial charge in [-0.2, -0.15) is 5.10 Å². The number of hydrogen-bond donors (Lipinski definition) is 1. The number of aryl methyl sites for hydroxylation is 2. The number of rotatable bonds is 6. The molecule has 0 bridgehead atoms. The van der Waals surface area contributed by atoms with Crippen molar-refractivity contribution in [3.63, 3.8) is 0 Å². The molecule has 1 aromatic heterocycles. The Morgan fingerprint density at radius 2 is 2.10 bits per heavy atom. The zero-order valence-electron chi connectivity index (χ0n) is 18.0. The summed E-state index contributed by atoms with van der Waals surface area (Å²) in [6.07, 6.45) is 3.96. The zero-order valence-corrected chi connectivity index (χ0v) is 20.4. The van der Waals surface area contributed by atoms with Crippen LogP contribution in [0.25, 0.3) is 0 Å². The van der Waals surface area contributed by atoms with Crippen LogP contribution in [0.2, 0.25) is 0 Å². The summed E-state index contributed by atoms with van der Waals surface area (Å²) in [6, 6.07) is 4.56. The van der Waals surface area contributed by atoms with Gasteiger partial charge in [-0.25, -0.2) is 13.1 Å². The molecule has 0 radical (unpaired) electrons. The molecular formula is C21H29BrN4O3S. The number of nitrogens with zero attached hydrogens (tertiary/aromatic N) is 3. The molecule has 2 unspecified atom stereocenters. The number of carbonyl (C=O) groups excluding carboxylic acids is 1. The number of aromatic nitrogens is 2. The van der Waals surface area contributed by atoms with Gasteiger partial charge in [-0.05, 0) is 58.5 Å². The molecule has 30 heavy (non-hydrogen) atoms. The van der Waals surface area contributed by atoms with E-state index in [4.69, 9.17) is 0 Å². The third-order valence-electron chi connectivity index (χ3n) is 5.64. The Kier molecular flexibility index (Phi) is 6.46. The summed E-state index contributed by atoms with van der Waals surface area (Å²) < 4.78 is 30.4. The summed E-state index contributed by atoms with van der Waals surface area (Å²) in [7, 11) is -1.85. The Hall–Kier alpha value is -1.71. The van der Waals surface area contributed by atoms with Gasteiger partial charge < -0.3 is 4.90 Å². The third-order valence-corrected chi connectivity index (χ3v) is 8.20. The average molecular weight is 497 g/mol. The van der Waals surface area contributed by atoms with Crippen molar-refractivity contribution < 1.29 is 13.2 Å². The molecule has 2 heterocycles. The van der Waals surface area contributed by atoms with Gasteiger partial charge in [0.1, 0.15) is 0 Å². The van der Waals surface area contributed by atoms with Crippen LogP contribution in [-0.2, 0) is 21.9 Å². The van der Waals surface area contributed by atoms with Crippen molar-refractivity contribution in [3.8, 4) is 0 Å². The molecular weight excluding hydrogens is 468 g/mol. The van der Waals surface area contributed by atoms with Crippen molar-refractivity contribution in [2.45, 2.75) is 51.0 Å². The number of amides is 1. The molecule has 2 aromatic rings. The molecule has 9 heteroatoms. The summed E-state index contributed by atoms with van der Waals surface area (Å²) in [5.41, 5.74) is 2.01. The maximum atomic E-state index is 12.9. The maximum absolute atomic E-state index is 12.9. The van der Waals surface area contributed by atoms with Gasteiger partial charge in [0, 0.05) is 49.2 Å². The fraction of sp³-hybridized carbons (Fsp3) is 0.524. The van der Waals surface area contributed by atoms with Gasteiger partial charge in [-0.1, -0.05) is 19.9 Å². The van der Waals surface area contributed by atoms with E-state index in [1.165, 1.54) is 0 Å². The van der Waals surface area contributed by atoms with Crippen molar-refractivity contribution in [2.75, 3.05) is 13.1 Å². The first-order valence-electron chi connectivity index (χ1n) is 9.94. The second-order valence-electron chi connectivity index (χ2n) is 8.92. The summed E-state index contributed by atoms with van der Waals surface area (Å²) >= 11 is 3.32. The molecule has 1 N–H and O–H groups in total. The van der Waals surface area contributed by atoms with Crippen LogP contribution in [0.1, 0.15) is 44.2 Å². The van der Waals surface area contributed by atoms with Crippen molar-refractivity contribution in [1.29, 1.82) is 0 Å². The Bertz CT molecular complexity index is 1050. The molecule has 1 aliphatic heterocycles. The third kappa shape index (κ3) is 4.95. The highest BCUT2D eigenvalue weighted by molar-refractivity contribution is 9.10. The summed E-state index contributed by atoms with van der Waals surface area (Å²) in [4.78, 5) is 14.9. The lowest BCUT2D eigenvalue weighted by atomic mass is 9.79. The molecule has 1 aromatic carbocycles. The van der Waals surface area contributed by atoms with E-state index in [0.29, 0.717) is 17.6 Å². The molecule has 3 rings (SSSR count). The minimum Gasteiger partial charge on any atom is -0.341 e. The first kappa shape index (κ1) is 23.0. The number of likely N-dealkylation sites (tertiary alicyclic amines) is 1. The molecule has 0 aliphatic carbocycles. The van der Waals surface area contributed by atoms with Crippen LogP contribution < -0.4 is 4.72 Å². The normalized spacial score (nSPS) is 19.8. The van der Waals surface area contributed by atoms with E-state index in [0.717, 1.165) is 11.1 Å². The van der Waals surface area contributed by atoms with Crippen LogP contribution in [0.3, 0.4) is 0 Å². The second-order valence-corrected chi connectivity index (χ2v) is 11.5. The Morgan fingerprint density at radius 1 is 1.40 bits per heavy atom. The lowest BCUT2D eigenvalue weighted by molar-refractivity contribution is -0.130. The van der Waals surface area contributed by atoms with Crippen LogP contribution in [-0.4, -0.2) is 48.1 Å². The van der Waals surface area contributed by atoms with Gasteiger partial charge in [0.25, 0.3) is 0 Å². The van der Waals surface area contributed by atoms with Gasteiger partial charge in [0.15, 0.2) is 0 Å². The quantitative estimate of drug-likeness (QED) is 0.665. The zero-order chi connectivity index (χ0) is 22.3. The molecule has 7 nitrogen and oxygen atoms in total. The molecule has 1 aliphatic rings. The fourth-order valence-corrected chi connectivity index (χ4v) is 6.52. The van der Waals surface area contributed by atoms with E-state index < -0.39 is 16.1 Å². The first-order chi connectivity index (χ1) is 13.9. The monoisotopic (exact) mass is 496 g/mol. The van der Waals surface area contributed by atoms with Gasteiger partial charge in [-0.3, -0.25) is 9.48 Å². The van der Waals surface area contributed by atoms with Crippen LogP contribution in [0.4, 0.5) is 0 Å². The summed E-state index contributed by atoms with van der Waals surface area (Å²) in [5, 5.41) is 4.26. The van der Waals surface area contributed by atoms with E-state index in [-0.39, 0.29) is 28.6 Å².